The number of ether oxygens (including phenoxy) is 1. The average molecular weight is 459 g/mol. The molecule has 4 rings (SSSR count). The predicted octanol–water partition coefficient (Wildman–Crippen LogP) is 3.36. The standard InChI is InChI=1S/C26H22FN3O4/c1-3-5-13-30-24(32)26(28-25(30)33,19-7-9-20(27)10-8-19)17-29-16-18-15-21(34-14-6-4-2)11-12-22(18)23(29)31/h7-12,15-16,31H,13-14,17H2,1-2H3,(H,28,33). The summed E-state index contributed by atoms with van der Waals surface area (Å²) in [5.41, 5.74) is -1.17. The van der Waals surface area contributed by atoms with Crippen LogP contribution < -0.4 is 10.1 Å². The smallest absolute Gasteiger partial charge is 0.326 e. The summed E-state index contributed by atoms with van der Waals surface area (Å²) in [6.07, 6.45) is 1.67. The average Bonchev–Trinajstić information content (AvgIpc) is 3.26. The molecule has 2 aromatic carbocycles. The zero-order chi connectivity index (χ0) is 24.3. The van der Waals surface area contributed by atoms with Gasteiger partial charge in [-0.05, 0) is 49.7 Å². The third-order valence-corrected chi connectivity index (χ3v) is 5.65. The molecule has 0 aliphatic carbocycles. The van der Waals surface area contributed by atoms with Crippen molar-refractivity contribution in [2.75, 3.05) is 13.2 Å². The van der Waals surface area contributed by atoms with Crippen LogP contribution in [0.1, 0.15) is 19.4 Å². The lowest BCUT2D eigenvalue weighted by molar-refractivity contribution is -0.131. The van der Waals surface area contributed by atoms with Crippen molar-refractivity contribution in [3.8, 4) is 35.3 Å². The van der Waals surface area contributed by atoms with E-state index in [1.165, 1.54) is 28.8 Å². The van der Waals surface area contributed by atoms with Gasteiger partial charge < -0.3 is 19.7 Å². The molecule has 3 aromatic rings. The molecule has 3 amide bonds. The molecule has 1 saturated heterocycles. The van der Waals surface area contributed by atoms with Crippen LogP contribution in [0, 0.1) is 29.5 Å². The highest BCUT2D eigenvalue weighted by molar-refractivity contribution is 6.07. The molecule has 1 aliphatic rings. The topological polar surface area (TPSA) is 83.8 Å². The fraction of sp³-hybridized carbons (Fsp3) is 0.231. The Balaban J connectivity index is 1.76. The number of benzene rings is 2. The zero-order valence-corrected chi connectivity index (χ0v) is 18.7. The maximum atomic E-state index is 13.6. The first kappa shape index (κ1) is 22.8. The van der Waals surface area contributed by atoms with Crippen molar-refractivity contribution in [1.82, 2.24) is 14.8 Å². The van der Waals surface area contributed by atoms with E-state index in [2.05, 4.69) is 29.0 Å². The second-order valence-corrected chi connectivity index (χ2v) is 7.71. The molecular formula is C26H22FN3O4. The van der Waals surface area contributed by atoms with Crippen LogP contribution in [-0.4, -0.2) is 39.7 Å². The number of imide groups is 1. The Kier molecular flexibility index (Phi) is 6.16. The third-order valence-electron chi connectivity index (χ3n) is 5.65. The Labute approximate surface area is 196 Å². The first-order chi connectivity index (χ1) is 16.4. The van der Waals surface area contributed by atoms with E-state index in [0.29, 0.717) is 22.1 Å². The van der Waals surface area contributed by atoms with Crippen LogP contribution in [0.4, 0.5) is 9.18 Å². The molecule has 2 N–H and O–H groups in total. The molecule has 1 unspecified atom stereocenters. The van der Waals surface area contributed by atoms with Crippen molar-refractivity contribution in [3.05, 3.63) is 60.0 Å². The molecule has 2 heterocycles. The van der Waals surface area contributed by atoms with Gasteiger partial charge in [0, 0.05) is 17.0 Å². The van der Waals surface area contributed by atoms with Crippen molar-refractivity contribution in [1.29, 1.82) is 0 Å². The molecule has 0 saturated carbocycles. The van der Waals surface area contributed by atoms with Crippen LogP contribution in [0.5, 0.6) is 11.6 Å². The monoisotopic (exact) mass is 459 g/mol. The van der Waals surface area contributed by atoms with Gasteiger partial charge in [-0.25, -0.2) is 9.18 Å². The minimum atomic E-state index is -1.55. The summed E-state index contributed by atoms with van der Waals surface area (Å²) < 4.78 is 20.7. The largest absolute Gasteiger partial charge is 0.494 e. The highest BCUT2D eigenvalue weighted by atomic mass is 19.1. The molecule has 7 nitrogen and oxygen atoms in total. The highest BCUT2D eigenvalue weighted by Crippen LogP contribution is 2.36. The highest BCUT2D eigenvalue weighted by Gasteiger charge is 2.52. The Morgan fingerprint density at radius 2 is 1.82 bits per heavy atom. The summed E-state index contributed by atoms with van der Waals surface area (Å²) >= 11 is 0. The number of urea groups is 1. The molecule has 0 spiro atoms. The van der Waals surface area contributed by atoms with Crippen LogP contribution in [0.25, 0.3) is 10.8 Å². The van der Waals surface area contributed by atoms with Crippen molar-refractivity contribution < 1.29 is 23.8 Å². The third kappa shape index (κ3) is 4.02. The van der Waals surface area contributed by atoms with E-state index in [0.717, 1.165) is 4.90 Å². The molecular weight excluding hydrogens is 437 g/mol. The SMILES string of the molecule is CC#CCOc1ccc2c(O)n(CC3(c4ccc(F)cc4)NC(=O)N(CC#CC)C3=O)cc2c1. The molecule has 172 valence electrons. The van der Waals surface area contributed by atoms with Gasteiger partial charge in [0.2, 0.25) is 0 Å². The summed E-state index contributed by atoms with van der Waals surface area (Å²) in [5.74, 6) is 10.5. The molecule has 0 bridgehead atoms. The molecule has 0 radical (unpaired) electrons. The number of carbonyl (C=O) groups is 2. The predicted molar refractivity (Wildman–Crippen MR) is 124 cm³/mol. The lowest BCUT2D eigenvalue weighted by atomic mass is 9.89. The molecule has 1 aromatic heterocycles. The quantitative estimate of drug-likeness (QED) is 0.438. The van der Waals surface area contributed by atoms with Crippen molar-refractivity contribution in [2.24, 2.45) is 0 Å². The normalized spacial score (nSPS) is 17.1. The first-order valence-corrected chi connectivity index (χ1v) is 10.5. The van der Waals surface area contributed by atoms with Gasteiger partial charge in [-0.15, -0.1) is 11.8 Å². The Morgan fingerprint density at radius 1 is 1.09 bits per heavy atom. The van der Waals surface area contributed by atoms with Gasteiger partial charge in [0.1, 0.15) is 18.2 Å². The van der Waals surface area contributed by atoms with Crippen LogP contribution in [0.3, 0.4) is 0 Å². The van der Waals surface area contributed by atoms with Crippen molar-refractivity contribution in [2.45, 2.75) is 25.9 Å². The Hall–Kier alpha value is -4.43. The summed E-state index contributed by atoms with van der Waals surface area (Å²) in [6, 6.07) is 9.91. The summed E-state index contributed by atoms with van der Waals surface area (Å²) in [4.78, 5) is 27.2. The fourth-order valence-corrected chi connectivity index (χ4v) is 3.95. The van der Waals surface area contributed by atoms with E-state index < -0.39 is 23.3 Å². The maximum absolute atomic E-state index is 13.6. The number of carbonyl (C=O) groups excluding carboxylic acids is 2. The van der Waals surface area contributed by atoms with Gasteiger partial charge in [-0.3, -0.25) is 9.69 Å². The Morgan fingerprint density at radius 3 is 2.53 bits per heavy atom. The van der Waals surface area contributed by atoms with E-state index >= 15 is 0 Å². The van der Waals surface area contributed by atoms with E-state index in [1.54, 1.807) is 38.2 Å². The fourth-order valence-electron chi connectivity index (χ4n) is 3.95. The number of nitrogens with zero attached hydrogens (tertiary/aromatic N) is 2. The van der Waals surface area contributed by atoms with Gasteiger partial charge in [-0.2, -0.15) is 0 Å². The molecule has 1 fully saturated rings. The number of amides is 3. The lowest BCUT2D eigenvalue weighted by Crippen LogP contribution is -2.47. The van der Waals surface area contributed by atoms with Gasteiger partial charge in [-0.1, -0.05) is 24.0 Å². The van der Waals surface area contributed by atoms with E-state index in [-0.39, 0.29) is 25.6 Å². The second-order valence-electron chi connectivity index (χ2n) is 7.71. The first-order valence-electron chi connectivity index (χ1n) is 10.5. The van der Waals surface area contributed by atoms with Gasteiger partial charge >= 0.3 is 6.03 Å². The number of hydrogen-bond acceptors (Lipinski definition) is 4. The number of rotatable bonds is 6. The number of aromatic nitrogens is 1. The van der Waals surface area contributed by atoms with Gasteiger partial charge in [0.05, 0.1) is 13.1 Å². The number of fused-ring (bicyclic) bond motifs is 1. The molecule has 1 aliphatic heterocycles. The van der Waals surface area contributed by atoms with E-state index in [1.807, 2.05) is 0 Å². The minimum absolute atomic E-state index is 0.0783. The zero-order valence-electron chi connectivity index (χ0n) is 18.7. The van der Waals surface area contributed by atoms with Crippen LogP contribution in [0.2, 0.25) is 0 Å². The van der Waals surface area contributed by atoms with E-state index in [4.69, 9.17) is 4.74 Å². The molecule has 8 heteroatoms. The maximum Gasteiger partial charge on any atom is 0.326 e. The van der Waals surface area contributed by atoms with Crippen LogP contribution >= 0.6 is 0 Å². The van der Waals surface area contributed by atoms with Crippen LogP contribution in [-0.2, 0) is 16.9 Å². The van der Waals surface area contributed by atoms with Crippen LogP contribution in [0.15, 0.2) is 48.7 Å². The summed E-state index contributed by atoms with van der Waals surface area (Å²) in [6.45, 7) is 3.38. The lowest BCUT2D eigenvalue weighted by Gasteiger charge is -2.28. The molecule has 1 atom stereocenters. The van der Waals surface area contributed by atoms with Gasteiger partial charge in [0.25, 0.3) is 5.91 Å². The summed E-state index contributed by atoms with van der Waals surface area (Å²) in [5, 5.41) is 14.9. The van der Waals surface area contributed by atoms with E-state index in [9.17, 15) is 19.1 Å². The number of nitrogens with one attached hydrogen (secondary N) is 1. The Bertz CT molecular complexity index is 1390. The second kappa shape index (κ2) is 9.21. The number of hydrogen-bond donors (Lipinski definition) is 2. The minimum Gasteiger partial charge on any atom is -0.494 e. The molecule has 34 heavy (non-hydrogen) atoms. The number of aromatic hydroxyl groups is 1. The van der Waals surface area contributed by atoms with Crippen molar-refractivity contribution in [3.63, 3.8) is 0 Å². The van der Waals surface area contributed by atoms with Crippen molar-refractivity contribution >= 4 is 22.7 Å². The number of halogens is 1. The summed E-state index contributed by atoms with van der Waals surface area (Å²) in [7, 11) is 0. The van der Waals surface area contributed by atoms with Gasteiger partial charge in [0.15, 0.2) is 11.4 Å².